The van der Waals surface area contributed by atoms with Crippen molar-refractivity contribution in [3.8, 4) is 0 Å². The predicted octanol–water partition coefficient (Wildman–Crippen LogP) is 7.46. The lowest BCUT2D eigenvalue weighted by molar-refractivity contribution is -0.298. The Morgan fingerprint density at radius 2 is 1.73 bits per heavy atom. The molecule has 0 radical (unpaired) electrons. The van der Waals surface area contributed by atoms with Gasteiger partial charge >= 0.3 is 12.0 Å². The van der Waals surface area contributed by atoms with Crippen molar-refractivity contribution in [2.24, 2.45) is 11.3 Å². The Hall–Kier alpha value is -2.39. The molecule has 2 amide bonds. The first-order valence-electron chi connectivity index (χ1n) is 17.2. The average molecular weight is 616 g/mol. The minimum Gasteiger partial charge on any atom is -0.481 e. The molecule has 4 unspecified atom stereocenters. The molecule has 44 heavy (non-hydrogen) atoms. The number of hydrogen-bond donors (Lipinski definition) is 4. The highest BCUT2D eigenvalue weighted by atomic mass is 16.7. The van der Waals surface area contributed by atoms with E-state index in [0.29, 0.717) is 17.9 Å². The largest absolute Gasteiger partial charge is 0.481 e. The number of hydrogen-bond acceptors (Lipinski definition) is 5. The van der Waals surface area contributed by atoms with Crippen LogP contribution in [0.4, 0.5) is 4.79 Å². The average Bonchev–Trinajstić information content (AvgIpc) is 3.43. The van der Waals surface area contributed by atoms with E-state index in [9.17, 15) is 19.5 Å². The van der Waals surface area contributed by atoms with Crippen LogP contribution in [0.2, 0.25) is 0 Å². The van der Waals surface area contributed by atoms with Gasteiger partial charge in [0.1, 0.15) is 6.10 Å². The molecule has 2 heterocycles. The van der Waals surface area contributed by atoms with Gasteiger partial charge in [0, 0.05) is 40.4 Å². The van der Waals surface area contributed by atoms with E-state index >= 15 is 0 Å². The Balaban J connectivity index is 1.48. The van der Waals surface area contributed by atoms with Crippen LogP contribution in [0.25, 0.3) is 0 Å². The van der Waals surface area contributed by atoms with E-state index in [4.69, 9.17) is 9.47 Å². The molecule has 9 nitrogen and oxygen atoms in total. The maximum atomic E-state index is 14.0. The number of Topliss-reactive ketones (excluding diaryl/α,β-unsaturated/α-hetero) is 1. The summed E-state index contributed by atoms with van der Waals surface area (Å²) in [4.78, 5) is 43.0. The van der Waals surface area contributed by atoms with Crippen LogP contribution in [0.1, 0.15) is 153 Å². The van der Waals surface area contributed by atoms with Crippen LogP contribution in [0.15, 0.2) is 12.3 Å². The Kier molecular flexibility index (Phi) is 11.6. The molecule has 2 aliphatic carbocycles. The van der Waals surface area contributed by atoms with E-state index in [2.05, 4.69) is 22.5 Å². The van der Waals surface area contributed by atoms with Crippen molar-refractivity contribution in [1.29, 1.82) is 0 Å². The third kappa shape index (κ3) is 8.65. The molecule has 4 atom stereocenters. The molecule has 3 aliphatic rings. The lowest BCUT2D eigenvalue weighted by atomic mass is 9.72. The highest BCUT2D eigenvalue weighted by Crippen LogP contribution is 2.42. The van der Waals surface area contributed by atoms with Crippen molar-refractivity contribution in [3.63, 3.8) is 0 Å². The summed E-state index contributed by atoms with van der Waals surface area (Å²) in [6, 6.07) is 1.42. The minimum absolute atomic E-state index is 0.119. The standard InChI is InChI=1S/C35H57N3O6/c1-6-7-8-9-10-13-18-35(19-14-20-35)38-32(42)37-27-16-12-11-15-24(27)26(22-28(39)40)29-25(17-21-36-29)30(41)31-33(2,3)23-43-34(4,5)44-31/h17,21,24,26-27,31,36H,6-16,18-20,22-23H2,1-5H3,(H,39,40)(H2,37,38,42). The van der Waals surface area contributed by atoms with Crippen molar-refractivity contribution >= 4 is 17.8 Å². The maximum absolute atomic E-state index is 14.0. The van der Waals surface area contributed by atoms with Crippen LogP contribution in [-0.4, -0.2) is 58.0 Å². The van der Waals surface area contributed by atoms with Gasteiger partial charge in [-0.15, -0.1) is 0 Å². The molecule has 9 heteroatoms. The number of ether oxygens (including phenoxy) is 2. The quantitative estimate of drug-likeness (QED) is 0.120. The number of unbranched alkanes of at least 4 members (excludes halogenated alkanes) is 5. The molecular weight excluding hydrogens is 558 g/mol. The number of urea groups is 1. The number of amides is 2. The molecule has 1 aromatic rings. The van der Waals surface area contributed by atoms with Crippen molar-refractivity contribution in [1.82, 2.24) is 15.6 Å². The lowest BCUT2D eigenvalue weighted by Crippen LogP contribution is -2.58. The SMILES string of the molecule is CCCCCCCCC1(NC(=O)NC2CCCCC2C(CC(=O)O)c2[nH]ccc2C(=O)C2OC(C)(C)OCC2(C)C)CCC1. The Bertz CT molecular complexity index is 1120. The molecule has 4 rings (SSSR count). The number of carboxylic acid groups (broad SMARTS) is 1. The molecule has 0 aromatic carbocycles. The van der Waals surface area contributed by atoms with Gasteiger partial charge in [-0.3, -0.25) is 9.59 Å². The second kappa shape index (κ2) is 14.8. The number of aromatic nitrogens is 1. The number of carbonyl (C=O) groups is 3. The van der Waals surface area contributed by atoms with Crippen molar-refractivity contribution in [3.05, 3.63) is 23.5 Å². The summed E-state index contributed by atoms with van der Waals surface area (Å²) >= 11 is 0. The summed E-state index contributed by atoms with van der Waals surface area (Å²) in [6.45, 7) is 10.1. The van der Waals surface area contributed by atoms with E-state index < -0.39 is 29.2 Å². The first-order valence-corrected chi connectivity index (χ1v) is 17.2. The highest BCUT2D eigenvalue weighted by Gasteiger charge is 2.47. The van der Waals surface area contributed by atoms with Crippen LogP contribution >= 0.6 is 0 Å². The molecule has 2 saturated carbocycles. The topological polar surface area (TPSA) is 130 Å². The van der Waals surface area contributed by atoms with E-state index in [-0.39, 0.29) is 35.7 Å². The van der Waals surface area contributed by atoms with Gasteiger partial charge in [-0.1, -0.05) is 72.1 Å². The summed E-state index contributed by atoms with van der Waals surface area (Å²) in [5.74, 6) is -2.56. The smallest absolute Gasteiger partial charge is 0.315 e. The van der Waals surface area contributed by atoms with Gasteiger partial charge in [0.25, 0.3) is 0 Å². The molecule has 1 saturated heterocycles. The fourth-order valence-electron chi connectivity index (χ4n) is 7.57. The number of ketones is 1. The first kappa shape index (κ1) is 34.5. The van der Waals surface area contributed by atoms with Crippen LogP contribution in [0.5, 0.6) is 0 Å². The zero-order valence-electron chi connectivity index (χ0n) is 27.8. The van der Waals surface area contributed by atoms with E-state index in [1.807, 2.05) is 13.8 Å². The van der Waals surface area contributed by atoms with Crippen LogP contribution in [-0.2, 0) is 14.3 Å². The maximum Gasteiger partial charge on any atom is 0.315 e. The molecule has 1 aliphatic heterocycles. The fourth-order valence-corrected chi connectivity index (χ4v) is 7.57. The van der Waals surface area contributed by atoms with Gasteiger partial charge in [-0.05, 0) is 64.4 Å². The Morgan fingerprint density at radius 1 is 1.02 bits per heavy atom. The predicted molar refractivity (Wildman–Crippen MR) is 171 cm³/mol. The molecule has 0 bridgehead atoms. The molecular formula is C35H57N3O6. The lowest BCUT2D eigenvalue weighted by Gasteiger charge is -2.45. The first-order chi connectivity index (χ1) is 20.9. The number of nitrogens with one attached hydrogen (secondary N) is 3. The third-order valence-corrected chi connectivity index (χ3v) is 10.3. The van der Waals surface area contributed by atoms with Gasteiger partial charge in [0.05, 0.1) is 13.0 Å². The van der Waals surface area contributed by atoms with Crippen molar-refractivity contribution in [2.45, 2.75) is 160 Å². The second-order valence-electron chi connectivity index (χ2n) is 14.9. The molecule has 248 valence electrons. The fraction of sp³-hybridized carbons (Fsp3) is 0.800. The van der Waals surface area contributed by atoms with Gasteiger partial charge in [-0.25, -0.2) is 4.79 Å². The number of aliphatic carboxylic acids is 1. The number of carbonyl (C=O) groups excluding carboxylic acids is 2. The minimum atomic E-state index is -0.923. The van der Waals surface area contributed by atoms with Gasteiger partial charge < -0.3 is 30.2 Å². The van der Waals surface area contributed by atoms with Crippen LogP contribution in [0, 0.1) is 11.3 Å². The zero-order valence-corrected chi connectivity index (χ0v) is 27.8. The van der Waals surface area contributed by atoms with Gasteiger partial charge in [0.15, 0.2) is 11.6 Å². The molecule has 1 aromatic heterocycles. The molecule has 4 N–H and O–H groups in total. The third-order valence-electron chi connectivity index (χ3n) is 10.3. The molecule has 0 spiro atoms. The van der Waals surface area contributed by atoms with E-state index in [1.165, 1.54) is 32.1 Å². The number of aromatic amines is 1. The normalized spacial score (nSPS) is 26.2. The van der Waals surface area contributed by atoms with Gasteiger partial charge in [0.2, 0.25) is 0 Å². The summed E-state index contributed by atoms with van der Waals surface area (Å²) in [5, 5.41) is 16.6. The number of H-pyrrole nitrogens is 1. The number of rotatable bonds is 15. The Labute approximate surface area is 264 Å². The van der Waals surface area contributed by atoms with Crippen molar-refractivity contribution < 1.29 is 29.0 Å². The second-order valence-corrected chi connectivity index (χ2v) is 14.9. The van der Waals surface area contributed by atoms with E-state index in [1.54, 1.807) is 26.1 Å². The van der Waals surface area contributed by atoms with Crippen LogP contribution < -0.4 is 10.6 Å². The monoisotopic (exact) mass is 615 g/mol. The Morgan fingerprint density at radius 3 is 2.41 bits per heavy atom. The highest BCUT2D eigenvalue weighted by molar-refractivity contribution is 6.01. The zero-order chi connectivity index (χ0) is 32.0. The summed E-state index contributed by atoms with van der Waals surface area (Å²) in [7, 11) is 0. The number of carboxylic acids is 1. The van der Waals surface area contributed by atoms with Crippen LogP contribution in [0.3, 0.4) is 0 Å². The van der Waals surface area contributed by atoms with E-state index in [0.717, 1.165) is 57.8 Å². The van der Waals surface area contributed by atoms with Gasteiger partial charge in [-0.2, -0.15) is 0 Å². The summed E-state index contributed by atoms with van der Waals surface area (Å²) in [6.07, 6.45) is 15.9. The summed E-state index contributed by atoms with van der Waals surface area (Å²) in [5.41, 5.74) is 0.415. The van der Waals surface area contributed by atoms with Crippen molar-refractivity contribution in [2.75, 3.05) is 6.61 Å². The molecule has 3 fully saturated rings. The summed E-state index contributed by atoms with van der Waals surface area (Å²) < 4.78 is 12.0.